The molecule has 0 saturated heterocycles. The van der Waals surface area contributed by atoms with Crippen LogP contribution in [0, 0.1) is 0 Å². The Balaban J connectivity index is 0.000000782. The molecule has 1 aromatic carbocycles. The molecule has 0 amide bonds. The number of pyridine rings is 1. The molecule has 1 N–H and O–H groups in total. The molecule has 232 valence electrons. The van der Waals surface area contributed by atoms with Gasteiger partial charge in [-0.05, 0) is 45.4 Å². The molecular formula is C27H31F6N2O6P. The van der Waals surface area contributed by atoms with Crippen LogP contribution in [-0.4, -0.2) is 37.7 Å². The predicted molar refractivity (Wildman–Crippen MR) is 141 cm³/mol. The van der Waals surface area contributed by atoms with E-state index in [9.17, 15) is 39.6 Å². The van der Waals surface area contributed by atoms with Gasteiger partial charge in [0, 0.05) is 23.5 Å². The minimum atomic E-state index is -10.7. The number of hydrogen-bond acceptors (Lipinski definition) is 7. The fourth-order valence-corrected chi connectivity index (χ4v) is 4.01. The molecule has 0 unspecified atom stereocenters. The van der Waals surface area contributed by atoms with Crippen molar-refractivity contribution >= 4 is 25.7 Å². The second kappa shape index (κ2) is 12.9. The number of halogens is 6. The van der Waals surface area contributed by atoms with Gasteiger partial charge in [0.25, 0.3) is 0 Å². The van der Waals surface area contributed by atoms with Crippen molar-refractivity contribution in [1.29, 1.82) is 0 Å². The summed E-state index contributed by atoms with van der Waals surface area (Å²) in [6.45, 7) is 8.15. The van der Waals surface area contributed by atoms with E-state index in [4.69, 9.17) is 14.2 Å². The third-order valence-electron chi connectivity index (χ3n) is 5.59. The van der Waals surface area contributed by atoms with E-state index < -0.39 is 31.6 Å². The third kappa shape index (κ3) is 11.5. The SMILES string of the molecule is CCOC(=O)C1=C(C)NC(C)=C(C(=O)OCC)C1c1ccc(C(=O)OCC[n+]2ccccc2)cc1.F[P-](F)(F)(F)(F)F. The van der Waals surface area contributed by atoms with Gasteiger partial charge in [-0.25, -0.2) is 19.0 Å². The van der Waals surface area contributed by atoms with Gasteiger partial charge in [0.15, 0.2) is 25.5 Å². The van der Waals surface area contributed by atoms with Gasteiger partial charge >= 0.3 is 50.9 Å². The van der Waals surface area contributed by atoms with Gasteiger partial charge in [-0.1, -0.05) is 18.2 Å². The Hall–Kier alpha value is -3.93. The first-order valence-electron chi connectivity index (χ1n) is 12.6. The number of hydrogen-bond donors (Lipinski definition) is 1. The van der Waals surface area contributed by atoms with E-state index in [2.05, 4.69) is 5.32 Å². The average molecular weight is 625 g/mol. The summed E-state index contributed by atoms with van der Waals surface area (Å²) in [7, 11) is -10.7. The molecule has 0 fully saturated rings. The zero-order valence-corrected chi connectivity index (χ0v) is 24.1. The zero-order valence-electron chi connectivity index (χ0n) is 23.2. The molecule has 42 heavy (non-hydrogen) atoms. The van der Waals surface area contributed by atoms with E-state index in [0.29, 0.717) is 40.2 Å². The van der Waals surface area contributed by atoms with Gasteiger partial charge in [0.2, 0.25) is 0 Å². The number of allylic oxidation sites excluding steroid dienone is 2. The number of ether oxygens (including phenoxy) is 3. The molecule has 2 heterocycles. The molecule has 0 radical (unpaired) electrons. The van der Waals surface area contributed by atoms with Crippen molar-refractivity contribution in [2.24, 2.45) is 0 Å². The van der Waals surface area contributed by atoms with Gasteiger partial charge < -0.3 is 19.5 Å². The second-order valence-electron chi connectivity index (χ2n) is 8.91. The van der Waals surface area contributed by atoms with Gasteiger partial charge in [-0.2, -0.15) is 0 Å². The number of benzene rings is 1. The standard InChI is InChI=1S/C27H30N2O6.F6P/c1-5-33-26(31)22-18(3)28-19(4)23(27(32)34-6-2)24(22)20-10-12-21(13-11-20)25(30)35-17-16-29-14-8-7-9-15-29;1-7(2,3,4,5)6/h7-15,24H,5-6,16-17H2,1-4H3;/q;-1/p+1. The molecule has 0 saturated carbocycles. The van der Waals surface area contributed by atoms with Crippen LogP contribution >= 0.6 is 7.81 Å². The number of rotatable bonds is 9. The van der Waals surface area contributed by atoms with Crippen LogP contribution in [0.25, 0.3) is 0 Å². The molecule has 1 aliphatic rings. The number of nitrogens with one attached hydrogen (secondary N) is 1. The van der Waals surface area contributed by atoms with Crippen molar-refractivity contribution < 1.29 is 58.3 Å². The number of dihydropyridines is 1. The molecule has 0 spiro atoms. The van der Waals surface area contributed by atoms with E-state index in [1.807, 2.05) is 35.2 Å². The van der Waals surface area contributed by atoms with E-state index >= 15 is 0 Å². The molecule has 8 nitrogen and oxygen atoms in total. The Morgan fingerprint density at radius 2 is 1.21 bits per heavy atom. The summed E-state index contributed by atoms with van der Waals surface area (Å²) in [6, 6.07) is 12.4. The summed E-state index contributed by atoms with van der Waals surface area (Å²) in [5.41, 5.74) is 2.89. The number of aromatic nitrogens is 1. The van der Waals surface area contributed by atoms with Crippen molar-refractivity contribution in [2.75, 3.05) is 19.8 Å². The van der Waals surface area contributed by atoms with E-state index in [0.717, 1.165) is 0 Å². The number of carbonyl (C=O) groups is 3. The van der Waals surface area contributed by atoms with Crippen LogP contribution < -0.4 is 9.88 Å². The Morgan fingerprint density at radius 1 is 0.762 bits per heavy atom. The Bertz CT molecular complexity index is 1310. The Kier molecular flexibility index (Phi) is 10.6. The molecule has 0 bridgehead atoms. The molecule has 1 aromatic heterocycles. The first-order valence-corrected chi connectivity index (χ1v) is 14.7. The van der Waals surface area contributed by atoms with Gasteiger partial charge in [-0.15, -0.1) is 0 Å². The summed E-state index contributed by atoms with van der Waals surface area (Å²) in [6.07, 6.45) is 3.80. The van der Waals surface area contributed by atoms with Crippen molar-refractivity contribution in [3.63, 3.8) is 0 Å². The fraction of sp³-hybridized carbons (Fsp3) is 0.333. The van der Waals surface area contributed by atoms with Crippen LogP contribution in [0.5, 0.6) is 0 Å². The maximum absolute atomic E-state index is 12.9. The fourth-order valence-electron chi connectivity index (χ4n) is 4.01. The topological polar surface area (TPSA) is 94.8 Å². The van der Waals surface area contributed by atoms with Crippen LogP contribution in [0.1, 0.15) is 49.5 Å². The van der Waals surface area contributed by atoms with Crippen LogP contribution in [-0.2, 0) is 30.3 Å². The maximum atomic E-state index is 12.9. The van der Waals surface area contributed by atoms with Crippen LogP contribution in [0.3, 0.4) is 0 Å². The first kappa shape index (κ1) is 34.3. The zero-order chi connectivity index (χ0) is 31.8. The number of esters is 3. The summed E-state index contributed by atoms with van der Waals surface area (Å²) in [4.78, 5) is 38.3. The molecule has 0 atom stereocenters. The summed E-state index contributed by atoms with van der Waals surface area (Å²) in [5, 5.41) is 3.11. The summed E-state index contributed by atoms with van der Waals surface area (Å²) >= 11 is 0. The van der Waals surface area contributed by atoms with Crippen LogP contribution in [0.15, 0.2) is 77.4 Å². The number of carbonyl (C=O) groups excluding carboxylic acids is 3. The van der Waals surface area contributed by atoms with E-state index in [1.165, 1.54) is 0 Å². The molecule has 1 aliphatic heterocycles. The van der Waals surface area contributed by atoms with Crippen molar-refractivity contribution in [3.05, 3.63) is 88.5 Å². The minimum absolute atomic E-state index is 0.200. The van der Waals surface area contributed by atoms with Gasteiger partial charge in [-0.3, -0.25) is 0 Å². The monoisotopic (exact) mass is 624 g/mol. The van der Waals surface area contributed by atoms with Crippen molar-refractivity contribution in [1.82, 2.24) is 5.32 Å². The summed E-state index contributed by atoms with van der Waals surface area (Å²) < 4.78 is 77.1. The van der Waals surface area contributed by atoms with Crippen molar-refractivity contribution in [2.45, 2.75) is 40.2 Å². The Labute approximate surface area is 238 Å². The van der Waals surface area contributed by atoms with Gasteiger partial charge in [0.1, 0.15) is 0 Å². The number of nitrogens with zero attached hydrogens (tertiary/aromatic N) is 1. The molecule has 2 aromatic rings. The average Bonchev–Trinajstić information content (AvgIpc) is 2.87. The predicted octanol–water partition coefficient (Wildman–Crippen LogP) is 6.57. The normalized spacial score (nSPS) is 15.4. The van der Waals surface area contributed by atoms with Gasteiger partial charge in [0.05, 0.1) is 35.8 Å². The third-order valence-corrected chi connectivity index (χ3v) is 5.59. The molecule has 3 rings (SSSR count). The second-order valence-corrected chi connectivity index (χ2v) is 10.8. The quantitative estimate of drug-likeness (QED) is 0.111. The van der Waals surface area contributed by atoms with Crippen molar-refractivity contribution in [3.8, 4) is 0 Å². The van der Waals surface area contributed by atoms with Crippen LogP contribution in [0.4, 0.5) is 25.2 Å². The molecule has 0 aliphatic carbocycles. The van der Waals surface area contributed by atoms with E-state index in [1.54, 1.807) is 52.0 Å². The first-order chi connectivity index (χ1) is 19.3. The Morgan fingerprint density at radius 3 is 1.64 bits per heavy atom. The molecule has 15 heteroatoms. The van der Waals surface area contributed by atoms with Crippen LogP contribution in [0.2, 0.25) is 0 Å². The summed E-state index contributed by atoms with van der Waals surface area (Å²) in [5.74, 6) is -2.18. The van der Waals surface area contributed by atoms with E-state index in [-0.39, 0.29) is 19.8 Å². The molecular weight excluding hydrogens is 593 g/mol.